The number of nitrogens with zero attached hydrogens (tertiary/aromatic N) is 4. The first-order valence-electron chi connectivity index (χ1n) is 3.97. The molecule has 0 aliphatic heterocycles. The van der Waals surface area contributed by atoms with Crippen LogP contribution in [-0.4, -0.2) is 40.9 Å². The summed E-state index contributed by atoms with van der Waals surface area (Å²) < 4.78 is 25.8. The maximum Gasteiger partial charge on any atom is 0.211 e. The van der Waals surface area contributed by atoms with Crippen molar-refractivity contribution in [2.45, 2.75) is 18.6 Å². The Hall–Kier alpha value is -0.670. The van der Waals surface area contributed by atoms with E-state index in [0.29, 0.717) is 11.7 Å². The fourth-order valence-corrected chi connectivity index (χ4v) is 1.54. The van der Waals surface area contributed by atoms with E-state index in [4.69, 9.17) is 0 Å². The van der Waals surface area contributed by atoms with Crippen molar-refractivity contribution in [2.24, 2.45) is 0 Å². The first-order chi connectivity index (χ1) is 6.55. The van der Waals surface area contributed by atoms with Crippen LogP contribution >= 0.6 is 12.6 Å². The van der Waals surface area contributed by atoms with E-state index in [2.05, 4.69) is 32.9 Å². The Kier molecular flexibility index (Phi) is 3.84. The molecule has 0 saturated carbocycles. The highest BCUT2D eigenvalue weighted by molar-refractivity contribution is 7.89. The summed E-state index contributed by atoms with van der Waals surface area (Å²) in [5, 5.41) is 10.9. The molecule has 0 bridgehead atoms. The van der Waals surface area contributed by atoms with Gasteiger partial charge < -0.3 is 0 Å². The minimum absolute atomic E-state index is 0.0658. The fourth-order valence-electron chi connectivity index (χ4n) is 0.754. The van der Waals surface area contributed by atoms with Gasteiger partial charge in [-0.15, -0.1) is 17.7 Å². The molecule has 0 unspecified atom stereocenters. The lowest BCUT2D eigenvalue weighted by Gasteiger charge is -2.03. The lowest BCUT2D eigenvalue weighted by molar-refractivity contribution is 0.531. The Bertz CT molecular complexity index is 387. The summed E-state index contributed by atoms with van der Waals surface area (Å²) in [4.78, 5) is 0. The van der Waals surface area contributed by atoms with Gasteiger partial charge in [-0.3, -0.25) is 0 Å². The van der Waals surface area contributed by atoms with Crippen LogP contribution in [-0.2, 0) is 16.6 Å². The highest BCUT2D eigenvalue weighted by Crippen LogP contribution is 1.95. The molecular formula is C5H11N5O2S2. The molecule has 0 spiro atoms. The van der Waals surface area contributed by atoms with E-state index in [0.717, 1.165) is 0 Å². The van der Waals surface area contributed by atoms with Crippen molar-refractivity contribution in [1.82, 2.24) is 24.9 Å². The number of hydrogen-bond acceptors (Lipinski definition) is 6. The Morgan fingerprint density at radius 1 is 1.57 bits per heavy atom. The molecule has 1 aromatic heterocycles. The number of thiol groups is 1. The molecule has 14 heavy (non-hydrogen) atoms. The van der Waals surface area contributed by atoms with Crippen molar-refractivity contribution >= 4 is 22.7 Å². The monoisotopic (exact) mass is 237 g/mol. The van der Waals surface area contributed by atoms with E-state index < -0.39 is 10.0 Å². The van der Waals surface area contributed by atoms with Crippen molar-refractivity contribution in [3.05, 3.63) is 0 Å². The molecule has 0 amide bonds. The number of aromatic nitrogens is 4. The zero-order valence-electron chi connectivity index (χ0n) is 7.58. The van der Waals surface area contributed by atoms with Crippen LogP contribution < -0.4 is 4.72 Å². The van der Waals surface area contributed by atoms with Gasteiger partial charge in [0.1, 0.15) is 0 Å². The molecule has 0 aliphatic carbocycles. The first kappa shape index (κ1) is 11.4. The molecule has 1 N–H and O–H groups in total. The quantitative estimate of drug-likeness (QED) is 0.635. The molecule has 7 nitrogen and oxygen atoms in total. The third-order valence-corrected chi connectivity index (χ3v) is 3.26. The van der Waals surface area contributed by atoms with Crippen LogP contribution in [0.3, 0.4) is 0 Å². The maximum absolute atomic E-state index is 11.0. The number of hydrogen-bond donors (Lipinski definition) is 2. The molecular weight excluding hydrogens is 226 g/mol. The average Bonchev–Trinajstić information content (AvgIpc) is 2.52. The van der Waals surface area contributed by atoms with Gasteiger partial charge in [0.2, 0.25) is 15.2 Å². The highest BCUT2D eigenvalue weighted by Gasteiger charge is 2.06. The van der Waals surface area contributed by atoms with Crippen LogP contribution in [0.15, 0.2) is 5.16 Å². The fraction of sp³-hybridized carbons (Fsp3) is 0.800. The molecule has 0 saturated heterocycles. The summed E-state index contributed by atoms with van der Waals surface area (Å²) in [5.74, 6) is 0.0658. The normalized spacial score (nSPS) is 11.9. The highest BCUT2D eigenvalue weighted by atomic mass is 32.2. The molecule has 0 fully saturated rings. The van der Waals surface area contributed by atoms with Gasteiger partial charge in [-0.1, -0.05) is 0 Å². The second-order valence-electron chi connectivity index (χ2n) is 2.50. The summed E-state index contributed by atoms with van der Waals surface area (Å²) >= 11 is 3.97. The molecule has 1 heterocycles. The largest absolute Gasteiger partial charge is 0.219 e. The van der Waals surface area contributed by atoms with Gasteiger partial charge in [0, 0.05) is 6.54 Å². The first-order valence-corrected chi connectivity index (χ1v) is 6.07. The van der Waals surface area contributed by atoms with Crippen LogP contribution in [0.1, 0.15) is 6.92 Å². The SMILES string of the molecule is CCS(=O)(=O)NCCn1nnnc1S. The van der Waals surface area contributed by atoms with Crippen LogP contribution in [0.5, 0.6) is 0 Å². The third-order valence-electron chi connectivity index (χ3n) is 1.54. The van der Waals surface area contributed by atoms with E-state index in [-0.39, 0.29) is 12.3 Å². The Morgan fingerprint density at radius 3 is 2.79 bits per heavy atom. The number of sulfonamides is 1. The topological polar surface area (TPSA) is 89.8 Å². The van der Waals surface area contributed by atoms with E-state index >= 15 is 0 Å². The standard InChI is InChI=1S/C5H11N5O2S2/c1-2-14(11,12)6-3-4-10-5(13)7-8-9-10/h6H,2-4H2,1H3,(H,7,9,13). The molecule has 80 valence electrons. The molecule has 1 rings (SSSR count). The van der Waals surface area contributed by atoms with Crippen molar-refractivity contribution in [3.8, 4) is 0 Å². The molecule has 0 radical (unpaired) electrons. The average molecular weight is 237 g/mol. The smallest absolute Gasteiger partial charge is 0.211 e. The van der Waals surface area contributed by atoms with Crippen LogP contribution in [0.2, 0.25) is 0 Å². The van der Waals surface area contributed by atoms with Crippen molar-refractivity contribution in [1.29, 1.82) is 0 Å². The molecule has 0 atom stereocenters. The summed E-state index contributed by atoms with van der Waals surface area (Å²) in [6.45, 7) is 2.20. The molecule has 1 aromatic rings. The van der Waals surface area contributed by atoms with E-state index in [1.807, 2.05) is 0 Å². The van der Waals surface area contributed by atoms with E-state index in [9.17, 15) is 8.42 Å². The van der Waals surface area contributed by atoms with Gasteiger partial charge in [-0.25, -0.2) is 17.8 Å². The number of nitrogens with one attached hydrogen (secondary N) is 1. The van der Waals surface area contributed by atoms with Gasteiger partial charge >= 0.3 is 0 Å². The molecule has 9 heteroatoms. The predicted molar refractivity (Wildman–Crippen MR) is 52.5 cm³/mol. The number of tetrazole rings is 1. The summed E-state index contributed by atoms with van der Waals surface area (Å²) in [6, 6.07) is 0. The van der Waals surface area contributed by atoms with Crippen LogP contribution in [0.25, 0.3) is 0 Å². The summed E-state index contributed by atoms with van der Waals surface area (Å²) in [7, 11) is -3.14. The lowest BCUT2D eigenvalue weighted by Crippen LogP contribution is -2.29. The minimum atomic E-state index is -3.14. The van der Waals surface area contributed by atoms with E-state index in [1.165, 1.54) is 4.68 Å². The van der Waals surface area contributed by atoms with Crippen LogP contribution in [0, 0.1) is 0 Å². The van der Waals surface area contributed by atoms with E-state index in [1.54, 1.807) is 6.92 Å². The van der Waals surface area contributed by atoms with Gasteiger partial charge in [0.05, 0.1) is 12.3 Å². The molecule has 0 aromatic carbocycles. The van der Waals surface area contributed by atoms with Crippen LogP contribution in [0.4, 0.5) is 0 Å². The van der Waals surface area contributed by atoms with Gasteiger partial charge in [0.25, 0.3) is 0 Å². The van der Waals surface area contributed by atoms with Crippen molar-refractivity contribution in [2.75, 3.05) is 12.3 Å². The van der Waals surface area contributed by atoms with Gasteiger partial charge in [0.15, 0.2) is 0 Å². The van der Waals surface area contributed by atoms with Gasteiger partial charge in [-0.05, 0) is 17.4 Å². The van der Waals surface area contributed by atoms with Gasteiger partial charge in [-0.2, -0.15) is 0 Å². The third kappa shape index (κ3) is 3.24. The zero-order chi connectivity index (χ0) is 10.6. The van der Waals surface area contributed by atoms with Crippen molar-refractivity contribution < 1.29 is 8.42 Å². The zero-order valence-corrected chi connectivity index (χ0v) is 9.29. The predicted octanol–water partition coefficient (Wildman–Crippen LogP) is -1.10. The summed E-state index contributed by atoms with van der Waals surface area (Å²) in [6.07, 6.45) is 0. The second kappa shape index (κ2) is 4.71. The molecule has 0 aliphatic rings. The Morgan fingerprint density at radius 2 is 2.29 bits per heavy atom. The number of rotatable bonds is 5. The second-order valence-corrected chi connectivity index (χ2v) is 5.00. The maximum atomic E-state index is 11.0. The Balaban J connectivity index is 2.40. The Labute approximate surface area is 87.3 Å². The van der Waals surface area contributed by atoms with Crippen molar-refractivity contribution in [3.63, 3.8) is 0 Å². The lowest BCUT2D eigenvalue weighted by atomic mass is 10.7. The minimum Gasteiger partial charge on any atom is -0.219 e. The summed E-state index contributed by atoms with van der Waals surface area (Å²) in [5.41, 5.74) is 0.